The molecule has 1 amide bonds. The predicted molar refractivity (Wildman–Crippen MR) is 123 cm³/mol. The van der Waals surface area contributed by atoms with Gasteiger partial charge in [0.25, 0.3) is 5.91 Å². The van der Waals surface area contributed by atoms with E-state index < -0.39 is 0 Å². The number of amides is 1. The van der Waals surface area contributed by atoms with Gasteiger partial charge in [-0.05, 0) is 61.4 Å². The molecule has 7 heteroatoms. The summed E-state index contributed by atoms with van der Waals surface area (Å²) in [6.45, 7) is 1.59. The number of fused-ring (bicyclic) bond motifs is 1. The molecule has 0 radical (unpaired) electrons. The van der Waals surface area contributed by atoms with Gasteiger partial charge in [-0.1, -0.05) is 35.9 Å². The van der Waals surface area contributed by atoms with Gasteiger partial charge in [-0.15, -0.1) is 0 Å². The average molecular weight is 452 g/mol. The molecule has 1 aromatic heterocycles. The maximum atomic E-state index is 13.1. The highest BCUT2D eigenvalue weighted by Gasteiger charge is 2.12. The number of halogens is 2. The monoisotopic (exact) mass is 451 g/mol. The number of aromatic nitrogens is 2. The number of rotatable bonds is 9. The van der Waals surface area contributed by atoms with E-state index in [9.17, 15) is 9.18 Å². The molecular weight excluding hydrogens is 429 g/mol. The number of benzene rings is 3. The fourth-order valence-corrected chi connectivity index (χ4v) is 3.68. The Bertz CT molecular complexity index is 1210. The lowest BCUT2D eigenvalue weighted by atomic mass is 10.2. The molecule has 0 spiro atoms. The summed E-state index contributed by atoms with van der Waals surface area (Å²) in [5.41, 5.74) is 2.31. The van der Waals surface area contributed by atoms with E-state index in [1.807, 2.05) is 42.5 Å². The number of unbranched alkanes of at least 4 members (excludes halogenated alkanes) is 1. The molecule has 5 nitrogen and oxygen atoms in total. The van der Waals surface area contributed by atoms with Crippen LogP contribution in [0.1, 0.15) is 29.0 Å². The van der Waals surface area contributed by atoms with E-state index >= 15 is 0 Å². The molecule has 0 unspecified atom stereocenters. The van der Waals surface area contributed by atoms with E-state index in [0.717, 1.165) is 36.2 Å². The SMILES string of the molecule is O=C(NCc1nc2ccccc2n1CCCCOc1ccccc1Cl)c1ccc(F)cc1. The van der Waals surface area contributed by atoms with Crippen LogP contribution in [0, 0.1) is 5.82 Å². The van der Waals surface area contributed by atoms with Crippen LogP contribution in [0.2, 0.25) is 5.02 Å². The highest BCUT2D eigenvalue weighted by molar-refractivity contribution is 6.32. The summed E-state index contributed by atoms with van der Waals surface area (Å²) in [4.78, 5) is 17.1. The van der Waals surface area contributed by atoms with Crippen LogP contribution in [0.5, 0.6) is 5.75 Å². The minimum atomic E-state index is -0.373. The Morgan fingerprint density at radius 1 is 1.00 bits per heavy atom. The van der Waals surface area contributed by atoms with Crippen LogP contribution in [-0.4, -0.2) is 22.1 Å². The van der Waals surface area contributed by atoms with Crippen molar-refractivity contribution in [3.8, 4) is 5.75 Å². The molecule has 0 saturated heterocycles. The normalized spacial score (nSPS) is 10.9. The number of hydrogen-bond acceptors (Lipinski definition) is 3. The predicted octanol–water partition coefficient (Wildman–Crippen LogP) is 5.62. The molecule has 1 N–H and O–H groups in total. The lowest BCUT2D eigenvalue weighted by Gasteiger charge is -2.11. The van der Waals surface area contributed by atoms with E-state index in [2.05, 4.69) is 9.88 Å². The van der Waals surface area contributed by atoms with Crippen LogP contribution in [0.15, 0.2) is 72.8 Å². The van der Waals surface area contributed by atoms with Gasteiger partial charge < -0.3 is 14.6 Å². The Kier molecular flexibility index (Phi) is 7.02. The quantitative estimate of drug-likeness (QED) is 0.336. The highest BCUT2D eigenvalue weighted by atomic mass is 35.5. The summed E-state index contributed by atoms with van der Waals surface area (Å²) < 4.78 is 21.0. The van der Waals surface area contributed by atoms with Crippen LogP contribution in [0.3, 0.4) is 0 Å². The number of carbonyl (C=O) groups excluding carboxylic acids is 1. The first kappa shape index (κ1) is 21.8. The van der Waals surface area contributed by atoms with Crippen LogP contribution < -0.4 is 10.1 Å². The molecule has 0 aliphatic rings. The zero-order valence-corrected chi connectivity index (χ0v) is 18.2. The van der Waals surface area contributed by atoms with Crippen molar-refractivity contribution in [1.29, 1.82) is 0 Å². The largest absolute Gasteiger partial charge is 0.492 e. The van der Waals surface area contributed by atoms with Gasteiger partial charge >= 0.3 is 0 Å². The third-order valence-corrected chi connectivity index (χ3v) is 5.43. The third kappa shape index (κ3) is 5.26. The van der Waals surface area contributed by atoms with Gasteiger partial charge in [0.05, 0.1) is 29.2 Å². The summed E-state index contributed by atoms with van der Waals surface area (Å²) in [5.74, 6) is 0.818. The molecule has 1 heterocycles. The average Bonchev–Trinajstić information content (AvgIpc) is 3.16. The number of hydrogen-bond donors (Lipinski definition) is 1. The number of nitrogens with one attached hydrogen (secondary N) is 1. The smallest absolute Gasteiger partial charge is 0.251 e. The Balaban J connectivity index is 1.38. The Morgan fingerprint density at radius 2 is 1.75 bits per heavy atom. The number of imidazole rings is 1. The summed E-state index contributed by atoms with van der Waals surface area (Å²) in [6.07, 6.45) is 1.73. The number of ether oxygens (including phenoxy) is 1. The topological polar surface area (TPSA) is 56.2 Å². The van der Waals surface area contributed by atoms with Crippen molar-refractivity contribution >= 4 is 28.5 Å². The van der Waals surface area contributed by atoms with E-state index in [-0.39, 0.29) is 18.3 Å². The lowest BCUT2D eigenvalue weighted by Crippen LogP contribution is -2.24. The standard InChI is InChI=1S/C25H23ClFN3O2/c26-20-7-1-4-10-23(20)32-16-6-5-15-30-22-9-3-2-8-21(22)29-24(30)17-28-25(31)18-11-13-19(27)14-12-18/h1-4,7-14H,5-6,15-17H2,(H,28,31). The van der Waals surface area contributed by atoms with Gasteiger partial charge in [0.1, 0.15) is 17.4 Å². The van der Waals surface area contributed by atoms with E-state index in [1.165, 1.54) is 24.3 Å². The molecule has 0 aliphatic carbocycles. The van der Waals surface area contributed by atoms with Crippen molar-refractivity contribution in [2.45, 2.75) is 25.9 Å². The van der Waals surface area contributed by atoms with Gasteiger partial charge in [0, 0.05) is 12.1 Å². The first-order chi connectivity index (χ1) is 15.6. The van der Waals surface area contributed by atoms with Crippen molar-refractivity contribution < 1.29 is 13.9 Å². The Labute approximate surface area is 190 Å². The van der Waals surface area contributed by atoms with Crippen molar-refractivity contribution in [3.05, 3.63) is 95.0 Å². The molecule has 4 aromatic rings. The Hall–Kier alpha value is -3.38. The molecule has 0 fully saturated rings. The van der Waals surface area contributed by atoms with Crippen molar-refractivity contribution in [2.75, 3.05) is 6.61 Å². The highest BCUT2D eigenvalue weighted by Crippen LogP contribution is 2.23. The summed E-state index contributed by atoms with van der Waals surface area (Å²) in [5, 5.41) is 3.49. The third-order valence-electron chi connectivity index (χ3n) is 5.12. The second-order valence-corrected chi connectivity index (χ2v) is 7.75. The summed E-state index contributed by atoms with van der Waals surface area (Å²) in [6, 6.07) is 20.8. The molecule has 0 aliphatic heterocycles. The van der Waals surface area contributed by atoms with Gasteiger partial charge in [-0.25, -0.2) is 9.37 Å². The molecular formula is C25H23ClFN3O2. The van der Waals surface area contributed by atoms with Crippen LogP contribution in [0.25, 0.3) is 11.0 Å². The van der Waals surface area contributed by atoms with Gasteiger partial charge in [0.15, 0.2) is 0 Å². The van der Waals surface area contributed by atoms with Gasteiger partial charge in [-0.3, -0.25) is 4.79 Å². The zero-order chi connectivity index (χ0) is 22.3. The first-order valence-corrected chi connectivity index (χ1v) is 10.8. The lowest BCUT2D eigenvalue weighted by molar-refractivity contribution is 0.0949. The molecule has 0 atom stereocenters. The zero-order valence-electron chi connectivity index (χ0n) is 17.4. The van der Waals surface area contributed by atoms with Crippen LogP contribution in [-0.2, 0) is 13.1 Å². The molecule has 32 heavy (non-hydrogen) atoms. The van der Waals surface area contributed by atoms with Gasteiger partial charge in [-0.2, -0.15) is 0 Å². The summed E-state index contributed by atoms with van der Waals surface area (Å²) >= 11 is 6.13. The van der Waals surface area contributed by atoms with Crippen molar-refractivity contribution in [3.63, 3.8) is 0 Å². The summed E-state index contributed by atoms with van der Waals surface area (Å²) in [7, 11) is 0. The van der Waals surface area contributed by atoms with Crippen LogP contribution in [0.4, 0.5) is 4.39 Å². The number of nitrogens with zero attached hydrogens (tertiary/aromatic N) is 2. The van der Waals surface area contributed by atoms with Crippen molar-refractivity contribution in [2.24, 2.45) is 0 Å². The minimum Gasteiger partial charge on any atom is -0.492 e. The van der Waals surface area contributed by atoms with Crippen LogP contribution >= 0.6 is 11.6 Å². The van der Waals surface area contributed by atoms with E-state index in [0.29, 0.717) is 22.9 Å². The first-order valence-electron chi connectivity index (χ1n) is 10.5. The number of para-hydroxylation sites is 3. The second-order valence-electron chi connectivity index (χ2n) is 7.34. The molecule has 0 bridgehead atoms. The number of aryl methyl sites for hydroxylation is 1. The molecule has 4 rings (SSSR count). The van der Waals surface area contributed by atoms with Crippen molar-refractivity contribution in [1.82, 2.24) is 14.9 Å². The molecule has 0 saturated carbocycles. The fraction of sp³-hybridized carbons (Fsp3) is 0.200. The Morgan fingerprint density at radius 3 is 2.56 bits per heavy atom. The fourth-order valence-electron chi connectivity index (χ4n) is 3.49. The number of carbonyl (C=O) groups is 1. The molecule has 164 valence electrons. The molecule has 3 aromatic carbocycles. The van der Waals surface area contributed by atoms with Gasteiger partial charge in [0.2, 0.25) is 0 Å². The maximum absolute atomic E-state index is 13.1. The maximum Gasteiger partial charge on any atom is 0.251 e. The van der Waals surface area contributed by atoms with E-state index in [4.69, 9.17) is 21.3 Å². The minimum absolute atomic E-state index is 0.267. The second kappa shape index (κ2) is 10.3. The van der Waals surface area contributed by atoms with E-state index in [1.54, 1.807) is 6.07 Å².